The number of hydrogen-bond donors (Lipinski definition) is 1. The maximum atomic E-state index is 13.4. The maximum absolute atomic E-state index is 13.4. The summed E-state index contributed by atoms with van der Waals surface area (Å²) in [5.41, 5.74) is 4.01. The van der Waals surface area contributed by atoms with Gasteiger partial charge in [-0.15, -0.1) is 0 Å². The number of amides is 1. The number of fused-ring (bicyclic) bond motifs is 2. The fraction of sp³-hybridized carbons (Fsp3) is 0.320. The van der Waals surface area contributed by atoms with Crippen LogP contribution in [0, 0.1) is 0 Å². The van der Waals surface area contributed by atoms with Crippen molar-refractivity contribution in [3.05, 3.63) is 70.0 Å². The Bertz CT molecular complexity index is 1220. The van der Waals surface area contributed by atoms with Crippen LogP contribution in [0.1, 0.15) is 43.4 Å². The molecule has 5 rings (SSSR count). The van der Waals surface area contributed by atoms with Crippen LogP contribution < -0.4 is 20.3 Å². The predicted octanol–water partition coefficient (Wildman–Crippen LogP) is 4.11. The van der Waals surface area contributed by atoms with Crippen LogP contribution >= 0.6 is 0 Å². The highest BCUT2D eigenvalue weighted by molar-refractivity contribution is 5.94. The molecule has 1 amide bonds. The van der Waals surface area contributed by atoms with Crippen molar-refractivity contribution in [2.75, 3.05) is 12.1 Å². The van der Waals surface area contributed by atoms with Crippen molar-refractivity contribution >= 4 is 11.6 Å². The molecule has 7 nitrogen and oxygen atoms in total. The van der Waals surface area contributed by atoms with E-state index >= 15 is 0 Å². The molecule has 164 valence electrons. The molecule has 1 N–H and O–H groups in total. The van der Waals surface area contributed by atoms with Crippen molar-refractivity contribution in [2.45, 2.75) is 45.1 Å². The Balaban J connectivity index is 1.53. The second-order valence-electron chi connectivity index (χ2n) is 8.11. The van der Waals surface area contributed by atoms with Crippen LogP contribution in [0.15, 0.2) is 53.3 Å². The van der Waals surface area contributed by atoms with Crippen LogP contribution in [0.5, 0.6) is 11.5 Å². The molecule has 2 aromatic carbocycles. The van der Waals surface area contributed by atoms with Crippen molar-refractivity contribution < 1.29 is 14.3 Å². The molecule has 3 aromatic rings. The number of aromatic nitrogens is 2. The molecule has 2 aliphatic rings. The van der Waals surface area contributed by atoms with Gasteiger partial charge in [-0.1, -0.05) is 37.3 Å². The van der Waals surface area contributed by atoms with Gasteiger partial charge in [-0.25, -0.2) is 4.68 Å². The fourth-order valence-corrected chi connectivity index (χ4v) is 4.46. The molecule has 7 heteroatoms. The van der Waals surface area contributed by atoms with Crippen LogP contribution in [0.2, 0.25) is 0 Å². The summed E-state index contributed by atoms with van der Waals surface area (Å²) in [6.45, 7) is 2.06. The first-order valence-corrected chi connectivity index (χ1v) is 11.1. The van der Waals surface area contributed by atoms with Gasteiger partial charge < -0.3 is 14.8 Å². The predicted molar refractivity (Wildman–Crippen MR) is 121 cm³/mol. The molecule has 0 bridgehead atoms. The van der Waals surface area contributed by atoms with Gasteiger partial charge in [0.15, 0.2) is 11.5 Å². The summed E-state index contributed by atoms with van der Waals surface area (Å²) in [5, 5.41) is 7.66. The van der Waals surface area contributed by atoms with Crippen molar-refractivity contribution in [1.82, 2.24) is 9.78 Å². The molecule has 0 radical (unpaired) electrons. The fourth-order valence-electron chi connectivity index (χ4n) is 4.46. The highest BCUT2D eigenvalue weighted by atomic mass is 16.7. The topological polar surface area (TPSA) is 82.4 Å². The number of carbonyl (C=O) groups is 1. The van der Waals surface area contributed by atoms with Crippen LogP contribution in [0.3, 0.4) is 0 Å². The smallest absolute Gasteiger partial charge is 0.271 e. The summed E-state index contributed by atoms with van der Waals surface area (Å²) < 4.78 is 12.1. The minimum Gasteiger partial charge on any atom is -0.454 e. The van der Waals surface area contributed by atoms with Gasteiger partial charge in [0.05, 0.1) is 5.69 Å². The summed E-state index contributed by atoms with van der Waals surface area (Å²) in [6, 6.07) is 14.4. The van der Waals surface area contributed by atoms with Gasteiger partial charge in [-0.05, 0) is 49.8 Å². The number of nitrogens with zero attached hydrogens (tertiary/aromatic N) is 2. The molecule has 0 fully saturated rings. The van der Waals surface area contributed by atoms with Crippen LogP contribution in [0.4, 0.5) is 5.69 Å². The Morgan fingerprint density at radius 1 is 1.06 bits per heavy atom. The summed E-state index contributed by atoms with van der Waals surface area (Å²) in [7, 11) is 0. The average molecular weight is 431 g/mol. The van der Waals surface area contributed by atoms with Gasteiger partial charge in [-0.3, -0.25) is 9.59 Å². The zero-order chi connectivity index (χ0) is 22.1. The molecule has 1 atom stereocenters. The number of benzene rings is 2. The third-order valence-corrected chi connectivity index (χ3v) is 6.10. The minimum atomic E-state index is -0.720. The largest absolute Gasteiger partial charge is 0.454 e. The number of carbonyl (C=O) groups excluding carboxylic acids is 1. The monoisotopic (exact) mass is 431 g/mol. The van der Waals surface area contributed by atoms with Gasteiger partial charge >= 0.3 is 0 Å². The first-order chi connectivity index (χ1) is 15.7. The molecule has 0 unspecified atom stereocenters. The molecular weight excluding hydrogens is 406 g/mol. The van der Waals surface area contributed by atoms with E-state index in [0.29, 0.717) is 23.6 Å². The standard InChI is InChI=1S/C25H25N3O4/c1-2-20(24(29)26-17-12-13-21-22(14-17)32-15-31-21)28-25(30)19-11-7-6-10-18(19)23(27-28)16-8-4-3-5-9-16/h3-5,8-9,12-14,20H,2,6-7,10-11,15H2,1H3,(H,26,29)/t20-/m1/s1. The highest BCUT2D eigenvalue weighted by Gasteiger charge is 2.27. The van der Waals surface area contributed by atoms with Crippen molar-refractivity contribution in [2.24, 2.45) is 0 Å². The molecule has 32 heavy (non-hydrogen) atoms. The molecule has 0 saturated carbocycles. The molecule has 1 aliphatic heterocycles. The summed E-state index contributed by atoms with van der Waals surface area (Å²) in [6.07, 6.45) is 4.01. The Morgan fingerprint density at radius 2 is 1.81 bits per heavy atom. The van der Waals surface area contributed by atoms with E-state index in [1.165, 1.54) is 4.68 Å². The highest BCUT2D eigenvalue weighted by Crippen LogP contribution is 2.34. The van der Waals surface area contributed by atoms with E-state index in [1.54, 1.807) is 18.2 Å². The Hall–Kier alpha value is -3.61. The molecule has 1 aromatic heterocycles. The first-order valence-electron chi connectivity index (χ1n) is 11.1. The van der Waals surface area contributed by atoms with E-state index in [0.717, 1.165) is 48.1 Å². The van der Waals surface area contributed by atoms with Crippen LogP contribution in [-0.2, 0) is 17.6 Å². The van der Waals surface area contributed by atoms with Gasteiger partial charge in [0.2, 0.25) is 12.7 Å². The second kappa shape index (κ2) is 8.49. The lowest BCUT2D eigenvalue weighted by Gasteiger charge is -2.23. The van der Waals surface area contributed by atoms with Gasteiger partial charge in [0, 0.05) is 22.9 Å². The first kappa shape index (κ1) is 20.3. The minimum absolute atomic E-state index is 0.160. The Labute approximate surface area is 186 Å². The van der Waals surface area contributed by atoms with Gasteiger partial charge in [0.25, 0.3) is 5.56 Å². The number of ether oxygens (including phenoxy) is 2. The van der Waals surface area contributed by atoms with E-state index < -0.39 is 6.04 Å². The maximum Gasteiger partial charge on any atom is 0.271 e. The van der Waals surface area contributed by atoms with E-state index in [-0.39, 0.29) is 18.3 Å². The van der Waals surface area contributed by atoms with Crippen molar-refractivity contribution in [3.8, 4) is 22.8 Å². The lowest BCUT2D eigenvalue weighted by molar-refractivity contribution is -0.119. The lowest BCUT2D eigenvalue weighted by atomic mass is 9.89. The summed E-state index contributed by atoms with van der Waals surface area (Å²) in [5.74, 6) is 0.956. The zero-order valence-electron chi connectivity index (χ0n) is 18.0. The van der Waals surface area contributed by atoms with E-state index in [1.807, 2.05) is 37.3 Å². The van der Waals surface area contributed by atoms with Crippen LogP contribution in [-0.4, -0.2) is 22.5 Å². The number of rotatable bonds is 5. The van der Waals surface area contributed by atoms with Gasteiger partial charge in [-0.2, -0.15) is 5.10 Å². The molecule has 0 spiro atoms. The Morgan fingerprint density at radius 3 is 2.59 bits per heavy atom. The third kappa shape index (κ3) is 3.64. The third-order valence-electron chi connectivity index (χ3n) is 6.10. The second-order valence-corrected chi connectivity index (χ2v) is 8.11. The molecule has 0 saturated heterocycles. The Kier molecular flexibility index (Phi) is 5.39. The number of anilines is 1. The molecular formula is C25H25N3O4. The quantitative estimate of drug-likeness (QED) is 0.658. The average Bonchev–Trinajstić information content (AvgIpc) is 3.29. The SMILES string of the molecule is CC[C@H](C(=O)Nc1ccc2c(c1)OCO2)n1nc(-c2ccccc2)c2c(c1=O)CCCC2. The van der Waals surface area contributed by atoms with E-state index in [2.05, 4.69) is 5.32 Å². The number of nitrogens with one attached hydrogen (secondary N) is 1. The summed E-state index contributed by atoms with van der Waals surface area (Å²) in [4.78, 5) is 26.6. The zero-order valence-corrected chi connectivity index (χ0v) is 18.0. The summed E-state index contributed by atoms with van der Waals surface area (Å²) >= 11 is 0. The lowest BCUT2D eigenvalue weighted by Crippen LogP contribution is -2.38. The molecule has 1 aliphatic carbocycles. The normalized spacial score (nSPS) is 15.2. The molecule has 2 heterocycles. The van der Waals surface area contributed by atoms with Crippen molar-refractivity contribution in [1.29, 1.82) is 0 Å². The number of hydrogen-bond acceptors (Lipinski definition) is 5. The van der Waals surface area contributed by atoms with Gasteiger partial charge in [0.1, 0.15) is 6.04 Å². The van der Waals surface area contributed by atoms with E-state index in [4.69, 9.17) is 14.6 Å². The van der Waals surface area contributed by atoms with Crippen LogP contribution in [0.25, 0.3) is 11.3 Å². The van der Waals surface area contributed by atoms with Crippen molar-refractivity contribution in [3.63, 3.8) is 0 Å². The van der Waals surface area contributed by atoms with E-state index in [9.17, 15) is 9.59 Å².